The predicted molar refractivity (Wildman–Crippen MR) is 50.7 cm³/mol. The molecular weight excluding hydrogens is 223 g/mol. The lowest BCUT2D eigenvalue weighted by molar-refractivity contribution is -0.189. The van der Waals surface area contributed by atoms with E-state index in [2.05, 4.69) is 0 Å². The molecule has 92 valence electrons. The summed E-state index contributed by atoms with van der Waals surface area (Å²) in [5.74, 6) is -2.01. The minimum atomic E-state index is -4.84. The van der Waals surface area contributed by atoms with Crippen LogP contribution < -0.4 is 0 Å². The Morgan fingerprint density at radius 2 is 1.94 bits per heavy atom. The average Bonchev–Trinajstić information content (AvgIpc) is 2.15. The van der Waals surface area contributed by atoms with Gasteiger partial charge in [0.15, 0.2) is 0 Å². The van der Waals surface area contributed by atoms with E-state index in [0.29, 0.717) is 12.8 Å². The Kier molecular flexibility index (Phi) is 3.93. The molecule has 1 amide bonds. The Bertz CT molecular complexity index is 288. The van der Waals surface area contributed by atoms with Crippen molar-refractivity contribution < 1.29 is 22.8 Å². The molecule has 1 atom stereocenters. The van der Waals surface area contributed by atoms with Gasteiger partial charge in [-0.05, 0) is 26.2 Å². The van der Waals surface area contributed by atoms with Crippen molar-refractivity contribution in [3.63, 3.8) is 0 Å². The fourth-order valence-electron chi connectivity index (χ4n) is 1.97. The van der Waals surface area contributed by atoms with Gasteiger partial charge in [0.25, 0.3) is 0 Å². The summed E-state index contributed by atoms with van der Waals surface area (Å²) in [5.41, 5.74) is 0. The summed E-state index contributed by atoms with van der Waals surface area (Å²) in [5, 5.41) is 0. The number of halogens is 3. The van der Waals surface area contributed by atoms with Gasteiger partial charge in [-0.1, -0.05) is 0 Å². The van der Waals surface area contributed by atoms with E-state index in [1.807, 2.05) is 0 Å². The molecular formula is C10H14F3NO2. The molecule has 0 spiro atoms. The monoisotopic (exact) mass is 237 g/mol. The molecule has 0 bridgehead atoms. The number of carbonyl (C=O) groups excluding carboxylic acids is 2. The number of amides is 1. The molecule has 1 fully saturated rings. The van der Waals surface area contributed by atoms with Gasteiger partial charge in [-0.2, -0.15) is 13.2 Å². The first kappa shape index (κ1) is 13.0. The van der Waals surface area contributed by atoms with Crippen LogP contribution in [0.4, 0.5) is 13.2 Å². The van der Waals surface area contributed by atoms with E-state index in [1.54, 1.807) is 0 Å². The van der Waals surface area contributed by atoms with Crippen LogP contribution in [-0.4, -0.2) is 35.4 Å². The van der Waals surface area contributed by atoms with Gasteiger partial charge >= 0.3 is 12.1 Å². The van der Waals surface area contributed by atoms with Crippen LogP contribution in [0.5, 0.6) is 0 Å². The average molecular weight is 237 g/mol. The molecule has 1 saturated heterocycles. The SMILES string of the molecule is CC(=O)C[C@@H]1CCCCN1C(=O)C(F)(F)F. The minimum absolute atomic E-state index is 0.0157. The molecule has 0 aromatic heterocycles. The second kappa shape index (κ2) is 4.84. The molecule has 6 heteroatoms. The van der Waals surface area contributed by atoms with Gasteiger partial charge in [-0.3, -0.25) is 9.59 Å². The van der Waals surface area contributed by atoms with Gasteiger partial charge in [0.1, 0.15) is 5.78 Å². The standard InChI is InChI=1S/C10H14F3NO2/c1-7(15)6-8-4-2-3-5-14(8)9(16)10(11,12)13/h8H,2-6H2,1H3/t8-/m0/s1. The third-order valence-corrected chi connectivity index (χ3v) is 2.65. The summed E-state index contributed by atoms with van der Waals surface area (Å²) in [4.78, 5) is 22.8. The Labute approximate surface area is 91.6 Å². The number of hydrogen-bond acceptors (Lipinski definition) is 2. The van der Waals surface area contributed by atoms with Crippen LogP contribution in [0.25, 0.3) is 0 Å². The molecule has 0 N–H and O–H groups in total. The highest BCUT2D eigenvalue weighted by atomic mass is 19.4. The summed E-state index contributed by atoms with van der Waals surface area (Å²) in [6.07, 6.45) is -3.02. The lowest BCUT2D eigenvalue weighted by Gasteiger charge is -2.35. The first-order chi connectivity index (χ1) is 7.32. The van der Waals surface area contributed by atoms with Gasteiger partial charge < -0.3 is 4.90 Å². The summed E-state index contributed by atoms with van der Waals surface area (Å²) < 4.78 is 36.8. The highest BCUT2D eigenvalue weighted by Crippen LogP contribution is 2.26. The lowest BCUT2D eigenvalue weighted by Crippen LogP contribution is -2.50. The maximum atomic E-state index is 12.3. The smallest absolute Gasteiger partial charge is 0.331 e. The zero-order chi connectivity index (χ0) is 12.3. The molecule has 16 heavy (non-hydrogen) atoms. The van der Waals surface area contributed by atoms with Crippen molar-refractivity contribution in [1.29, 1.82) is 0 Å². The van der Waals surface area contributed by atoms with Crippen LogP contribution >= 0.6 is 0 Å². The Morgan fingerprint density at radius 1 is 1.31 bits per heavy atom. The van der Waals surface area contributed by atoms with E-state index in [9.17, 15) is 22.8 Å². The third-order valence-electron chi connectivity index (χ3n) is 2.65. The molecule has 0 radical (unpaired) electrons. The topological polar surface area (TPSA) is 37.4 Å². The number of ketones is 1. The van der Waals surface area contributed by atoms with Crippen LogP contribution in [0.2, 0.25) is 0 Å². The molecule has 0 aromatic carbocycles. The number of piperidine rings is 1. The highest BCUT2D eigenvalue weighted by molar-refractivity contribution is 5.83. The summed E-state index contributed by atoms with van der Waals surface area (Å²) in [7, 11) is 0. The van der Waals surface area contributed by atoms with Crippen molar-refractivity contribution in [2.45, 2.75) is 44.8 Å². The summed E-state index contributed by atoms with van der Waals surface area (Å²) in [6, 6.07) is -0.583. The summed E-state index contributed by atoms with van der Waals surface area (Å²) in [6.45, 7) is 1.42. The molecule has 0 aromatic rings. The van der Waals surface area contributed by atoms with Crippen molar-refractivity contribution in [3.05, 3.63) is 0 Å². The van der Waals surface area contributed by atoms with Crippen LogP contribution in [0, 0.1) is 0 Å². The Balaban J connectivity index is 2.74. The quantitative estimate of drug-likeness (QED) is 0.735. The zero-order valence-corrected chi connectivity index (χ0v) is 9.01. The minimum Gasteiger partial charge on any atom is -0.331 e. The maximum Gasteiger partial charge on any atom is 0.471 e. The van der Waals surface area contributed by atoms with Crippen molar-refractivity contribution >= 4 is 11.7 Å². The number of likely N-dealkylation sites (tertiary alicyclic amines) is 1. The van der Waals surface area contributed by atoms with Crippen LogP contribution in [0.1, 0.15) is 32.6 Å². The fourth-order valence-corrected chi connectivity index (χ4v) is 1.97. The second-order valence-corrected chi connectivity index (χ2v) is 4.05. The van der Waals surface area contributed by atoms with Crippen LogP contribution in [-0.2, 0) is 9.59 Å². The Hall–Kier alpha value is -1.07. The number of Topliss-reactive ketones (excluding diaryl/α,β-unsaturated/α-hetero) is 1. The second-order valence-electron chi connectivity index (χ2n) is 4.05. The molecule has 3 nitrogen and oxygen atoms in total. The Morgan fingerprint density at radius 3 is 2.44 bits per heavy atom. The van der Waals surface area contributed by atoms with E-state index in [4.69, 9.17) is 0 Å². The van der Waals surface area contributed by atoms with Crippen LogP contribution in [0.15, 0.2) is 0 Å². The van der Waals surface area contributed by atoms with E-state index in [0.717, 1.165) is 11.3 Å². The van der Waals surface area contributed by atoms with E-state index in [-0.39, 0.29) is 18.7 Å². The molecule has 1 aliphatic rings. The molecule has 1 heterocycles. The van der Waals surface area contributed by atoms with Gasteiger partial charge in [-0.25, -0.2) is 0 Å². The number of hydrogen-bond donors (Lipinski definition) is 0. The summed E-state index contributed by atoms with van der Waals surface area (Å²) >= 11 is 0. The van der Waals surface area contributed by atoms with Gasteiger partial charge in [0.05, 0.1) is 0 Å². The third kappa shape index (κ3) is 3.21. The maximum absolute atomic E-state index is 12.3. The van der Waals surface area contributed by atoms with E-state index < -0.39 is 18.1 Å². The van der Waals surface area contributed by atoms with Gasteiger partial charge in [0, 0.05) is 19.0 Å². The van der Waals surface area contributed by atoms with Gasteiger partial charge in [0.2, 0.25) is 0 Å². The number of rotatable bonds is 2. The predicted octanol–water partition coefficient (Wildman–Crippen LogP) is 1.91. The number of nitrogens with zero attached hydrogens (tertiary/aromatic N) is 1. The van der Waals surface area contributed by atoms with E-state index >= 15 is 0 Å². The molecule has 1 aliphatic heterocycles. The van der Waals surface area contributed by atoms with Crippen molar-refractivity contribution in [1.82, 2.24) is 4.90 Å². The van der Waals surface area contributed by atoms with E-state index in [1.165, 1.54) is 6.92 Å². The van der Waals surface area contributed by atoms with Crippen molar-refractivity contribution in [3.8, 4) is 0 Å². The largest absolute Gasteiger partial charge is 0.471 e. The molecule has 1 rings (SSSR count). The molecule has 0 saturated carbocycles. The number of alkyl halides is 3. The first-order valence-corrected chi connectivity index (χ1v) is 5.19. The first-order valence-electron chi connectivity index (χ1n) is 5.19. The van der Waals surface area contributed by atoms with Crippen molar-refractivity contribution in [2.75, 3.05) is 6.54 Å². The van der Waals surface area contributed by atoms with Crippen molar-refractivity contribution in [2.24, 2.45) is 0 Å². The highest BCUT2D eigenvalue weighted by Gasteiger charge is 2.45. The number of carbonyl (C=O) groups is 2. The van der Waals surface area contributed by atoms with Crippen LogP contribution in [0.3, 0.4) is 0 Å². The molecule has 0 unspecified atom stereocenters. The zero-order valence-electron chi connectivity index (χ0n) is 9.01. The normalized spacial score (nSPS) is 22.0. The van der Waals surface area contributed by atoms with Gasteiger partial charge in [-0.15, -0.1) is 0 Å². The lowest BCUT2D eigenvalue weighted by atomic mass is 9.97. The fraction of sp³-hybridized carbons (Fsp3) is 0.800. The molecule has 0 aliphatic carbocycles.